The van der Waals surface area contributed by atoms with Gasteiger partial charge in [-0.25, -0.2) is 4.98 Å². The van der Waals surface area contributed by atoms with Gasteiger partial charge in [0.05, 0.1) is 29.4 Å². The number of hydrogen-bond acceptors (Lipinski definition) is 4. The Hall–Kier alpha value is -1.66. The Labute approximate surface area is 127 Å². The van der Waals surface area contributed by atoms with Crippen LogP contribution in [0, 0.1) is 6.92 Å². The standard InChI is InChI=1S/C15H19N3O2S/c1-10-5-8-21-14(10)15(20)17(2)11-3-4-12(13(11)19)18-7-6-16-9-18/h5-9,11-13,19H,3-4H2,1-2H3/t11-,12-,13-/m1/s1. The number of likely N-dealkylation sites (N-methyl/N-ethyl adjacent to an activating group) is 1. The highest BCUT2D eigenvalue weighted by molar-refractivity contribution is 7.12. The van der Waals surface area contributed by atoms with E-state index in [1.54, 1.807) is 24.5 Å². The molecule has 0 spiro atoms. The molecule has 1 fully saturated rings. The maximum absolute atomic E-state index is 12.6. The minimum Gasteiger partial charge on any atom is -0.389 e. The Morgan fingerprint density at radius 1 is 1.52 bits per heavy atom. The molecular formula is C15H19N3O2S. The van der Waals surface area contributed by atoms with Crippen molar-refractivity contribution in [1.29, 1.82) is 0 Å². The first kappa shape index (κ1) is 14.3. The van der Waals surface area contributed by atoms with E-state index in [-0.39, 0.29) is 18.0 Å². The molecule has 0 saturated heterocycles. The molecule has 2 heterocycles. The van der Waals surface area contributed by atoms with Crippen LogP contribution in [0.5, 0.6) is 0 Å². The van der Waals surface area contributed by atoms with Crippen LogP contribution in [-0.4, -0.2) is 44.7 Å². The van der Waals surface area contributed by atoms with E-state index in [2.05, 4.69) is 4.98 Å². The van der Waals surface area contributed by atoms with Crippen LogP contribution < -0.4 is 0 Å². The van der Waals surface area contributed by atoms with Crippen LogP contribution in [0.25, 0.3) is 0 Å². The molecule has 1 aliphatic carbocycles. The van der Waals surface area contributed by atoms with Crippen molar-refractivity contribution < 1.29 is 9.90 Å². The summed E-state index contributed by atoms with van der Waals surface area (Å²) in [4.78, 5) is 19.0. The number of hydrogen-bond donors (Lipinski definition) is 1. The van der Waals surface area contributed by atoms with E-state index < -0.39 is 6.10 Å². The third kappa shape index (κ3) is 2.49. The largest absolute Gasteiger partial charge is 0.389 e. The van der Waals surface area contributed by atoms with Crippen LogP contribution in [0.2, 0.25) is 0 Å². The minimum atomic E-state index is -0.562. The number of aliphatic hydroxyl groups excluding tert-OH is 1. The first-order chi connectivity index (χ1) is 10.1. The molecule has 0 unspecified atom stereocenters. The molecule has 1 saturated carbocycles. The Kier molecular flexibility index (Phi) is 3.82. The van der Waals surface area contributed by atoms with Gasteiger partial charge in [0.1, 0.15) is 0 Å². The molecule has 0 aliphatic heterocycles. The lowest BCUT2D eigenvalue weighted by Crippen LogP contribution is -2.43. The lowest BCUT2D eigenvalue weighted by atomic mass is 10.1. The maximum atomic E-state index is 12.6. The molecule has 0 aromatic carbocycles. The van der Waals surface area contributed by atoms with Crippen molar-refractivity contribution in [2.45, 2.75) is 38.0 Å². The second-order valence-corrected chi connectivity index (χ2v) is 6.48. The molecule has 1 aliphatic rings. The normalized spacial score (nSPS) is 25.2. The molecule has 2 aromatic rings. The summed E-state index contributed by atoms with van der Waals surface area (Å²) in [6.07, 6.45) is 6.39. The minimum absolute atomic E-state index is 0.00201. The van der Waals surface area contributed by atoms with Crippen molar-refractivity contribution in [1.82, 2.24) is 14.5 Å². The molecule has 3 atom stereocenters. The average Bonchev–Trinajstić information content (AvgIpc) is 3.17. The lowest BCUT2D eigenvalue weighted by molar-refractivity contribution is 0.0446. The molecule has 21 heavy (non-hydrogen) atoms. The number of aromatic nitrogens is 2. The highest BCUT2D eigenvalue weighted by Crippen LogP contribution is 2.34. The highest BCUT2D eigenvalue weighted by atomic mass is 32.1. The van der Waals surface area contributed by atoms with Gasteiger partial charge >= 0.3 is 0 Å². The van der Waals surface area contributed by atoms with E-state index in [1.165, 1.54) is 11.3 Å². The first-order valence-electron chi connectivity index (χ1n) is 7.06. The van der Waals surface area contributed by atoms with E-state index in [0.717, 1.165) is 23.3 Å². The molecule has 5 nitrogen and oxygen atoms in total. The van der Waals surface area contributed by atoms with Crippen molar-refractivity contribution in [3.05, 3.63) is 40.6 Å². The summed E-state index contributed by atoms with van der Waals surface area (Å²) in [5.41, 5.74) is 0.996. The summed E-state index contributed by atoms with van der Waals surface area (Å²) < 4.78 is 1.93. The van der Waals surface area contributed by atoms with Crippen molar-refractivity contribution in [3.63, 3.8) is 0 Å². The molecule has 1 N–H and O–H groups in total. The van der Waals surface area contributed by atoms with Crippen LogP contribution in [0.4, 0.5) is 0 Å². The van der Waals surface area contributed by atoms with Gasteiger partial charge in [0, 0.05) is 19.4 Å². The average molecular weight is 305 g/mol. The Morgan fingerprint density at radius 2 is 2.33 bits per heavy atom. The van der Waals surface area contributed by atoms with Crippen molar-refractivity contribution in [2.75, 3.05) is 7.05 Å². The second kappa shape index (κ2) is 5.61. The SMILES string of the molecule is Cc1ccsc1C(=O)N(C)[C@@H]1CC[C@@H](n2ccnc2)[C@@H]1O. The fourth-order valence-electron chi connectivity index (χ4n) is 3.06. The third-order valence-electron chi connectivity index (χ3n) is 4.33. The van der Waals surface area contributed by atoms with E-state index in [4.69, 9.17) is 0 Å². The molecule has 112 valence electrons. The van der Waals surface area contributed by atoms with Crippen molar-refractivity contribution in [3.8, 4) is 0 Å². The maximum Gasteiger partial charge on any atom is 0.264 e. The number of imidazole rings is 1. The summed E-state index contributed by atoms with van der Waals surface area (Å²) in [5.74, 6) is -0.00201. The monoisotopic (exact) mass is 305 g/mol. The van der Waals surface area contributed by atoms with Gasteiger partial charge in [0.2, 0.25) is 0 Å². The molecule has 2 aromatic heterocycles. The van der Waals surface area contributed by atoms with Crippen LogP contribution in [0.1, 0.15) is 34.1 Å². The van der Waals surface area contributed by atoms with Gasteiger partial charge in [-0.15, -0.1) is 11.3 Å². The zero-order valence-corrected chi connectivity index (χ0v) is 13.0. The number of aryl methyl sites for hydroxylation is 1. The van der Waals surface area contributed by atoms with Gasteiger partial charge in [-0.3, -0.25) is 4.79 Å². The van der Waals surface area contributed by atoms with Gasteiger partial charge < -0.3 is 14.6 Å². The zero-order valence-electron chi connectivity index (χ0n) is 12.1. The quantitative estimate of drug-likeness (QED) is 0.944. The summed E-state index contributed by atoms with van der Waals surface area (Å²) >= 11 is 1.46. The van der Waals surface area contributed by atoms with Gasteiger partial charge in [-0.2, -0.15) is 0 Å². The van der Waals surface area contributed by atoms with Gasteiger partial charge in [0.25, 0.3) is 5.91 Å². The second-order valence-electron chi connectivity index (χ2n) is 5.56. The van der Waals surface area contributed by atoms with E-state index >= 15 is 0 Å². The van der Waals surface area contributed by atoms with Crippen LogP contribution in [0.3, 0.4) is 0 Å². The topological polar surface area (TPSA) is 58.4 Å². The van der Waals surface area contributed by atoms with Crippen LogP contribution in [-0.2, 0) is 0 Å². The molecule has 0 bridgehead atoms. The fraction of sp³-hybridized carbons (Fsp3) is 0.467. The van der Waals surface area contributed by atoms with Crippen LogP contribution in [0.15, 0.2) is 30.2 Å². The first-order valence-corrected chi connectivity index (χ1v) is 7.94. The number of thiophene rings is 1. The molecule has 3 rings (SSSR count). The number of carbonyl (C=O) groups excluding carboxylic acids is 1. The summed E-state index contributed by atoms with van der Waals surface area (Å²) in [7, 11) is 1.78. The Balaban J connectivity index is 1.76. The predicted molar refractivity (Wildman–Crippen MR) is 81.4 cm³/mol. The molecule has 1 amide bonds. The van der Waals surface area contributed by atoms with Crippen molar-refractivity contribution >= 4 is 17.2 Å². The van der Waals surface area contributed by atoms with E-state index in [0.29, 0.717) is 0 Å². The summed E-state index contributed by atoms with van der Waals surface area (Å²) in [5, 5.41) is 12.5. The fourth-order valence-corrected chi connectivity index (χ4v) is 3.96. The van der Waals surface area contributed by atoms with Gasteiger partial charge in [-0.05, 0) is 36.8 Å². The Bertz CT molecular complexity index is 623. The molecular weight excluding hydrogens is 286 g/mol. The van der Waals surface area contributed by atoms with Crippen molar-refractivity contribution in [2.24, 2.45) is 0 Å². The number of rotatable bonds is 3. The molecule has 0 radical (unpaired) electrons. The van der Waals surface area contributed by atoms with Crippen LogP contribution >= 0.6 is 11.3 Å². The summed E-state index contributed by atoms with van der Waals surface area (Å²) in [6, 6.07) is 1.80. The van der Waals surface area contributed by atoms with E-state index in [9.17, 15) is 9.90 Å². The number of carbonyl (C=O) groups is 1. The number of nitrogens with zero attached hydrogens (tertiary/aromatic N) is 3. The Morgan fingerprint density at radius 3 is 2.95 bits per heavy atom. The number of aliphatic hydroxyl groups is 1. The number of amides is 1. The third-order valence-corrected chi connectivity index (χ3v) is 5.33. The molecule has 6 heteroatoms. The zero-order chi connectivity index (χ0) is 15.0. The van der Waals surface area contributed by atoms with E-state index in [1.807, 2.05) is 29.1 Å². The smallest absolute Gasteiger partial charge is 0.264 e. The van der Waals surface area contributed by atoms with Gasteiger partial charge in [-0.1, -0.05) is 0 Å². The highest BCUT2D eigenvalue weighted by Gasteiger charge is 2.39. The van der Waals surface area contributed by atoms with Gasteiger partial charge in [0.15, 0.2) is 0 Å². The summed E-state index contributed by atoms with van der Waals surface area (Å²) in [6.45, 7) is 1.94. The predicted octanol–water partition coefficient (Wildman–Crippen LogP) is 2.09. The lowest BCUT2D eigenvalue weighted by Gasteiger charge is -2.29.